The van der Waals surface area contributed by atoms with Crippen LogP contribution in [-0.2, 0) is 6.54 Å². The van der Waals surface area contributed by atoms with E-state index < -0.39 is 0 Å². The molecule has 0 unspecified atom stereocenters. The van der Waals surface area contributed by atoms with Gasteiger partial charge in [0.15, 0.2) is 11.7 Å². The lowest BCUT2D eigenvalue weighted by Crippen LogP contribution is -2.52. The number of oxazole rings is 1. The molecule has 3 aromatic rings. The summed E-state index contributed by atoms with van der Waals surface area (Å²) in [5.74, 6) is 3.03. The Kier molecular flexibility index (Phi) is 5.69. The van der Waals surface area contributed by atoms with Gasteiger partial charge in [-0.2, -0.15) is 0 Å². The molecule has 2 aromatic heterocycles. The Morgan fingerprint density at radius 3 is 2.48 bits per heavy atom. The second kappa shape index (κ2) is 8.72. The molecule has 0 spiro atoms. The lowest BCUT2D eigenvalue weighted by atomic mass is 10.1. The van der Waals surface area contributed by atoms with Crippen molar-refractivity contribution in [1.82, 2.24) is 25.2 Å². The van der Waals surface area contributed by atoms with Crippen molar-refractivity contribution in [1.29, 1.82) is 0 Å². The molecule has 0 amide bonds. The molecule has 150 valence electrons. The number of hydrogen-bond donors (Lipinski definition) is 1. The van der Waals surface area contributed by atoms with Crippen molar-refractivity contribution in [2.24, 2.45) is 4.99 Å². The van der Waals surface area contributed by atoms with Crippen molar-refractivity contribution in [2.45, 2.75) is 13.5 Å². The minimum absolute atomic E-state index is 0.487. The van der Waals surface area contributed by atoms with Crippen LogP contribution in [0.3, 0.4) is 0 Å². The highest BCUT2D eigenvalue weighted by molar-refractivity contribution is 5.80. The summed E-state index contributed by atoms with van der Waals surface area (Å²) in [7, 11) is 1.79. The van der Waals surface area contributed by atoms with Crippen molar-refractivity contribution in [3.8, 4) is 11.3 Å². The van der Waals surface area contributed by atoms with E-state index in [4.69, 9.17) is 4.42 Å². The molecule has 1 aliphatic heterocycles. The highest BCUT2D eigenvalue weighted by Crippen LogP contribution is 2.20. The summed E-state index contributed by atoms with van der Waals surface area (Å²) in [6.07, 6.45) is 5.32. The van der Waals surface area contributed by atoms with E-state index in [9.17, 15) is 0 Å². The summed E-state index contributed by atoms with van der Waals surface area (Å²) >= 11 is 0. The lowest BCUT2D eigenvalue weighted by Gasteiger charge is -2.36. The molecule has 1 fully saturated rings. The fourth-order valence-corrected chi connectivity index (χ4v) is 3.30. The Morgan fingerprint density at radius 2 is 1.79 bits per heavy atom. The van der Waals surface area contributed by atoms with Crippen molar-refractivity contribution < 1.29 is 4.42 Å². The van der Waals surface area contributed by atoms with E-state index in [1.165, 1.54) is 5.56 Å². The molecule has 1 aromatic carbocycles. The number of hydrogen-bond acceptors (Lipinski definition) is 6. The van der Waals surface area contributed by atoms with Gasteiger partial charge in [-0.05, 0) is 13.0 Å². The van der Waals surface area contributed by atoms with E-state index in [0.717, 1.165) is 49.4 Å². The summed E-state index contributed by atoms with van der Waals surface area (Å²) in [6, 6.07) is 10.1. The van der Waals surface area contributed by atoms with Gasteiger partial charge < -0.3 is 19.5 Å². The number of nitrogens with zero attached hydrogens (tertiary/aromatic N) is 6. The first-order valence-corrected chi connectivity index (χ1v) is 9.72. The van der Waals surface area contributed by atoms with Crippen LogP contribution in [-0.4, -0.2) is 59.0 Å². The van der Waals surface area contributed by atoms with Gasteiger partial charge in [0.25, 0.3) is 0 Å². The van der Waals surface area contributed by atoms with Crippen molar-refractivity contribution >= 4 is 11.9 Å². The Labute approximate surface area is 170 Å². The van der Waals surface area contributed by atoms with Gasteiger partial charge in [0.05, 0.1) is 12.7 Å². The number of guanidine groups is 1. The number of nitrogens with one attached hydrogen (secondary N) is 1. The molecular weight excluding hydrogens is 366 g/mol. The minimum Gasteiger partial charge on any atom is -0.439 e. The van der Waals surface area contributed by atoms with Crippen LogP contribution >= 0.6 is 0 Å². The molecule has 0 radical (unpaired) electrons. The van der Waals surface area contributed by atoms with Crippen LogP contribution in [0, 0.1) is 6.92 Å². The van der Waals surface area contributed by atoms with Crippen LogP contribution in [0.2, 0.25) is 0 Å². The first kappa shape index (κ1) is 18.9. The van der Waals surface area contributed by atoms with E-state index in [0.29, 0.717) is 12.4 Å². The molecule has 8 heteroatoms. The summed E-state index contributed by atoms with van der Waals surface area (Å²) < 4.78 is 5.89. The average molecular weight is 391 g/mol. The number of aromatic nitrogens is 3. The fraction of sp³-hybridized carbons (Fsp3) is 0.333. The number of benzene rings is 1. The lowest BCUT2D eigenvalue weighted by molar-refractivity contribution is 0.367. The molecule has 0 saturated carbocycles. The summed E-state index contributed by atoms with van der Waals surface area (Å²) in [4.78, 5) is 21.9. The standard InChI is InChI=1S/C21H25N7O/c1-16-4-6-17(7-5-16)18-14-25-19(29-18)15-26-20(22-2)27-10-12-28(13-11-27)21-23-8-3-9-24-21/h3-9,14H,10-13,15H2,1-2H3,(H,22,26). The van der Waals surface area contributed by atoms with E-state index in [-0.39, 0.29) is 0 Å². The van der Waals surface area contributed by atoms with E-state index in [1.807, 2.05) is 18.2 Å². The molecular formula is C21H25N7O. The number of piperazine rings is 1. The molecule has 0 aliphatic carbocycles. The van der Waals surface area contributed by atoms with Crippen molar-refractivity contribution in [3.05, 3.63) is 60.4 Å². The van der Waals surface area contributed by atoms with E-state index >= 15 is 0 Å². The van der Waals surface area contributed by atoms with Crippen LogP contribution < -0.4 is 10.2 Å². The predicted octanol–water partition coefficient (Wildman–Crippen LogP) is 2.34. The number of anilines is 1. The third-order valence-electron chi connectivity index (χ3n) is 4.91. The van der Waals surface area contributed by atoms with Gasteiger partial charge in [-0.25, -0.2) is 15.0 Å². The van der Waals surface area contributed by atoms with Gasteiger partial charge in [0, 0.05) is 51.2 Å². The first-order valence-electron chi connectivity index (χ1n) is 9.72. The molecule has 1 saturated heterocycles. The fourth-order valence-electron chi connectivity index (χ4n) is 3.30. The summed E-state index contributed by atoms with van der Waals surface area (Å²) in [6.45, 7) is 5.94. The zero-order chi connectivity index (χ0) is 20.1. The normalized spacial score (nSPS) is 14.9. The maximum absolute atomic E-state index is 5.89. The van der Waals surface area contributed by atoms with Crippen molar-refractivity contribution in [3.63, 3.8) is 0 Å². The third-order valence-corrected chi connectivity index (χ3v) is 4.91. The molecule has 0 atom stereocenters. The zero-order valence-electron chi connectivity index (χ0n) is 16.7. The zero-order valence-corrected chi connectivity index (χ0v) is 16.7. The molecule has 4 rings (SSSR count). The SMILES string of the molecule is CN=C(NCc1ncc(-c2ccc(C)cc2)o1)N1CCN(c2ncccn2)CC1. The largest absolute Gasteiger partial charge is 0.439 e. The van der Waals surface area contributed by atoms with Gasteiger partial charge >= 0.3 is 0 Å². The topological polar surface area (TPSA) is 82.7 Å². The van der Waals surface area contributed by atoms with Crippen molar-refractivity contribution in [2.75, 3.05) is 38.1 Å². The monoisotopic (exact) mass is 391 g/mol. The Hall–Kier alpha value is -3.42. The summed E-state index contributed by atoms with van der Waals surface area (Å²) in [5, 5.41) is 3.35. The van der Waals surface area contributed by atoms with Gasteiger partial charge in [0.2, 0.25) is 11.8 Å². The number of aliphatic imine (C=N–C) groups is 1. The maximum atomic E-state index is 5.89. The van der Waals surface area contributed by atoms with Crippen LogP contribution in [0.25, 0.3) is 11.3 Å². The molecule has 29 heavy (non-hydrogen) atoms. The highest BCUT2D eigenvalue weighted by atomic mass is 16.4. The molecule has 1 N–H and O–H groups in total. The molecule has 8 nitrogen and oxygen atoms in total. The highest BCUT2D eigenvalue weighted by Gasteiger charge is 2.21. The second-order valence-corrected chi connectivity index (χ2v) is 6.91. The van der Waals surface area contributed by atoms with Crippen LogP contribution in [0.1, 0.15) is 11.5 Å². The van der Waals surface area contributed by atoms with E-state index in [1.54, 1.807) is 25.6 Å². The Bertz CT molecular complexity index is 945. The average Bonchev–Trinajstić information content (AvgIpc) is 3.25. The van der Waals surface area contributed by atoms with Gasteiger partial charge in [0.1, 0.15) is 0 Å². The third kappa shape index (κ3) is 4.53. The Morgan fingerprint density at radius 1 is 1.07 bits per heavy atom. The van der Waals surface area contributed by atoms with Gasteiger partial charge in [-0.1, -0.05) is 29.8 Å². The number of rotatable bonds is 4. The Balaban J connectivity index is 1.32. The van der Waals surface area contributed by atoms with Crippen LogP contribution in [0.4, 0.5) is 5.95 Å². The number of aryl methyl sites for hydroxylation is 1. The first-order chi connectivity index (χ1) is 14.2. The molecule has 1 aliphatic rings. The second-order valence-electron chi connectivity index (χ2n) is 6.91. The minimum atomic E-state index is 0.487. The summed E-state index contributed by atoms with van der Waals surface area (Å²) in [5.41, 5.74) is 2.25. The smallest absolute Gasteiger partial charge is 0.225 e. The molecule has 3 heterocycles. The van der Waals surface area contributed by atoms with Crippen LogP contribution in [0.15, 0.2) is 58.3 Å². The van der Waals surface area contributed by atoms with Gasteiger partial charge in [-0.3, -0.25) is 4.99 Å². The van der Waals surface area contributed by atoms with Crippen LogP contribution in [0.5, 0.6) is 0 Å². The predicted molar refractivity (Wildman–Crippen MR) is 113 cm³/mol. The van der Waals surface area contributed by atoms with Gasteiger partial charge in [-0.15, -0.1) is 0 Å². The maximum Gasteiger partial charge on any atom is 0.225 e. The quantitative estimate of drug-likeness (QED) is 0.540. The van der Waals surface area contributed by atoms with E-state index in [2.05, 4.69) is 54.1 Å². The molecule has 0 bridgehead atoms.